The quantitative estimate of drug-likeness (QED) is 0.666. The van der Waals surface area contributed by atoms with Gasteiger partial charge in [0.25, 0.3) is 0 Å². The summed E-state index contributed by atoms with van der Waals surface area (Å²) in [4.78, 5) is 15.6. The molecule has 1 aliphatic heterocycles. The summed E-state index contributed by atoms with van der Waals surface area (Å²) in [5, 5.41) is 3.38. The molecule has 1 heterocycles. The molecular formula is C10H21N3O. The minimum atomic E-state index is 0.242. The smallest absolute Gasteiger partial charge is 0.236 e. The first-order valence-electron chi connectivity index (χ1n) is 5.25. The van der Waals surface area contributed by atoms with Crippen LogP contribution in [0.3, 0.4) is 0 Å². The van der Waals surface area contributed by atoms with Crippen molar-refractivity contribution in [3.63, 3.8) is 0 Å². The van der Waals surface area contributed by atoms with Crippen LogP contribution in [0.2, 0.25) is 0 Å². The zero-order valence-electron chi connectivity index (χ0n) is 9.42. The summed E-state index contributed by atoms with van der Waals surface area (Å²) >= 11 is 0. The summed E-state index contributed by atoms with van der Waals surface area (Å²) in [6.07, 6.45) is 1.05. The third-order valence-corrected chi connectivity index (χ3v) is 2.51. The average Bonchev–Trinajstić information content (AvgIpc) is 2.28. The summed E-state index contributed by atoms with van der Waals surface area (Å²) in [6.45, 7) is 5.34. The van der Waals surface area contributed by atoms with Crippen molar-refractivity contribution < 1.29 is 4.79 Å². The van der Waals surface area contributed by atoms with Crippen molar-refractivity contribution in [1.82, 2.24) is 15.1 Å². The predicted molar refractivity (Wildman–Crippen MR) is 57.2 cm³/mol. The number of rotatable bonds is 2. The molecular weight excluding hydrogens is 178 g/mol. The molecule has 0 aromatic heterocycles. The van der Waals surface area contributed by atoms with E-state index in [1.54, 1.807) is 0 Å². The minimum Gasteiger partial charge on any atom is -0.340 e. The van der Waals surface area contributed by atoms with Gasteiger partial charge in [-0.15, -0.1) is 0 Å². The van der Waals surface area contributed by atoms with Gasteiger partial charge in [-0.05, 0) is 27.4 Å². The van der Waals surface area contributed by atoms with Crippen LogP contribution in [0.4, 0.5) is 0 Å². The lowest BCUT2D eigenvalue weighted by atomic mass is 10.2. The lowest BCUT2D eigenvalue weighted by Crippen LogP contribution is -2.39. The molecule has 82 valence electrons. The van der Waals surface area contributed by atoms with Crippen LogP contribution in [-0.4, -0.2) is 62.0 Å². The van der Waals surface area contributed by atoms with Crippen molar-refractivity contribution in [1.29, 1.82) is 0 Å². The molecule has 1 N–H and O–H groups in total. The van der Waals surface area contributed by atoms with Crippen LogP contribution < -0.4 is 5.32 Å². The van der Waals surface area contributed by atoms with Gasteiger partial charge in [-0.3, -0.25) is 4.79 Å². The van der Waals surface area contributed by atoms with E-state index in [1.165, 1.54) is 0 Å². The van der Waals surface area contributed by atoms with E-state index in [4.69, 9.17) is 0 Å². The Balaban J connectivity index is 2.39. The van der Waals surface area contributed by atoms with Gasteiger partial charge < -0.3 is 15.1 Å². The predicted octanol–water partition coefficient (Wildman–Crippen LogP) is -0.242. The number of nitrogens with one attached hydrogen (secondary N) is 1. The summed E-state index contributed by atoms with van der Waals surface area (Å²) in [6, 6.07) is 0.534. The zero-order valence-corrected chi connectivity index (χ0v) is 9.42. The van der Waals surface area contributed by atoms with Gasteiger partial charge in [0, 0.05) is 25.7 Å². The normalized spacial score (nSPS) is 23.7. The molecule has 1 aliphatic rings. The highest BCUT2D eigenvalue weighted by molar-refractivity contribution is 5.78. The van der Waals surface area contributed by atoms with Gasteiger partial charge in [0.2, 0.25) is 5.91 Å². The van der Waals surface area contributed by atoms with E-state index in [-0.39, 0.29) is 5.91 Å². The summed E-state index contributed by atoms with van der Waals surface area (Å²) in [5.74, 6) is 0.242. The maximum absolute atomic E-state index is 11.7. The van der Waals surface area contributed by atoms with Gasteiger partial charge in [-0.1, -0.05) is 0 Å². The molecule has 4 heteroatoms. The Hall–Kier alpha value is -0.610. The molecule has 1 fully saturated rings. The van der Waals surface area contributed by atoms with E-state index >= 15 is 0 Å². The zero-order chi connectivity index (χ0) is 10.6. The fourth-order valence-electron chi connectivity index (χ4n) is 1.63. The molecule has 14 heavy (non-hydrogen) atoms. The molecule has 0 bridgehead atoms. The number of likely N-dealkylation sites (N-methyl/N-ethyl adjacent to an activating group) is 1. The molecule has 0 aliphatic carbocycles. The van der Waals surface area contributed by atoms with Crippen molar-refractivity contribution in [3.8, 4) is 0 Å². The van der Waals surface area contributed by atoms with Gasteiger partial charge in [-0.2, -0.15) is 0 Å². The Labute approximate surface area is 86.2 Å². The molecule has 1 amide bonds. The second kappa shape index (κ2) is 5.32. The van der Waals surface area contributed by atoms with Gasteiger partial charge in [0.05, 0.1) is 6.54 Å². The molecule has 1 rings (SSSR count). The van der Waals surface area contributed by atoms with Gasteiger partial charge >= 0.3 is 0 Å². The van der Waals surface area contributed by atoms with E-state index in [9.17, 15) is 4.79 Å². The van der Waals surface area contributed by atoms with Gasteiger partial charge in [0.1, 0.15) is 0 Å². The molecule has 1 unspecified atom stereocenters. The summed E-state index contributed by atoms with van der Waals surface area (Å²) < 4.78 is 0. The van der Waals surface area contributed by atoms with Crippen LogP contribution in [0.5, 0.6) is 0 Å². The fourth-order valence-corrected chi connectivity index (χ4v) is 1.63. The molecule has 1 atom stereocenters. The Bertz CT molecular complexity index is 194. The molecule has 0 radical (unpaired) electrons. The van der Waals surface area contributed by atoms with Crippen molar-refractivity contribution in [2.24, 2.45) is 0 Å². The molecule has 0 saturated carbocycles. The molecule has 4 nitrogen and oxygen atoms in total. The largest absolute Gasteiger partial charge is 0.340 e. The topological polar surface area (TPSA) is 35.6 Å². The lowest BCUT2D eigenvalue weighted by molar-refractivity contribution is -0.131. The van der Waals surface area contributed by atoms with Crippen LogP contribution in [-0.2, 0) is 4.79 Å². The van der Waals surface area contributed by atoms with Crippen LogP contribution in [0, 0.1) is 0 Å². The monoisotopic (exact) mass is 199 g/mol. The lowest BCUT2D eigenvalue weighted by Gasteiger charge is -2.21. The fraction of sp³-hybridized carbons (Fsp3) is 0.900. The number of hydrogen-bond donors (Lipinski definition) is 1. The highest BCUT2D eigenvalue weighted by Gasteiger charge is 2.17. The van der Waals surface area contributed by atoms with E-state index < -0.39 is 0 Å². The Kier molecular flexibility index (Phi) is 4.35. The molecule has 0 aromatic carbocycles. The first-order chi connectivity index (χ1) is 6.59. The molecule has 0 aromatic rings. The van der Waals surface area contributed by atoms with Crippen molar-refractivity contribution in [3.05, 3.63) is 0 Å². The van der Waals surface area contributed by atoms with E-state index in [2.05, 4.69) is 12.2 Å². The number of nitrogens with zero attached hydrogens (tertiary/aromatic N) is 2. The van der Waals surface area contributed by atoms with Crippen LogP contribution >= 0.6 is 0 Å². The van der Waals surface area contributed by atoms with Crippen molar-refractivity contribution in [2.45, 2.75) is 19.4 Å². The SMILES string of the molecule is CC1CCN(C(=O)CN(C)C)CCN1. The number of hydrogen-bond acceptors (Lipinski definition) is 3. The highest BCUT2D eigenvalue weighted by Crippen LogP contribution is 2.01. The minimum absolute atomic E-state index is 0.242. The van der Waals surface area contributed by atoms with Crippen molar-refractivity contribution in [2.75, 3.05) is 40.3 Å². The Morgan fingerprint density at radius 1 is 1.50 bits per heavy atom. The van der Waals surface area contributed by atoms with E-state index in [0.29, 0.717) is 12.6 Å². The first kappa shape index (κ1) is 11.5. The second-order valence-electron chi connectivity index (χ2n) is 4.26. The van der Waals surface area contributed by atoms with Crippen LogP contribution in [0.25, 0.3) is 0 Å². The third kappa shape index (κ3) is 3.64. The second-order valence-corrected chi connectivity index (χ2v) is 4.26. The molecule has 0 spiro atoms. The average molecular weight is 199 g/mol. The standard InChI is InChI=1S/C10H21N3O/c1-9-4-6-13(7-5-11-9)10(14)8-12(2)3/h9,11H,4-8H2,1-3H3. The number of carbonyl (C=O) groups is 1. The first-order valence-corrected chi connectivity index (χ1v) is 5.25. The third-order valence-electron chi connectivity index (χ3n) is 2.51. The maximum atomic E-state index is 11.7. The van der Waals surface area contributed by atoms with Crippen LogP contribution in [0.15, 0.2) is 0 Å². The number of amides is 1. The summed E-state index contributed by atoms with van der Waals surface area (Å²) in [5.41, 5.74) is 0. The maximum Gasteiger partial charge on any atom is 0.236 e. The van der Waals surface area contributed by atoms with Crippen molar-refractivity contribution >= 4 is 5.91 Å². The number of carbonyl (C=O) groups excluding carboxylic acids is 1. The summed E-state index contributed by atoms with van der Waals surface area (Å²) in [7, 11) is 3.85. The van der Waals surface area contributed by atoms with Gasteiger partial charge in [0.15, 0.2) is 0 Å². The molecule has 1 saturated heterocycles. The van der Waals surface area contributed by atoms with Gasteiger partial charge in [-0.25, -0.2) is 0 Å². The van der Waals surface area contributed by atoms with E-state index in [1.807, 2.05) is 23.9 Å². The van der Waals surface area contributed by atoms with Crippen LogP contribution in [0.1, 0.15) is 13.3 Å². The van der Waals surface area contributed by atoms with E-state index in [0.717, 1.165) is 26.1 Å². The Morgan fingerprint density at radius 3 is 2.86 bits per heavy atom. The Morgan fingerprint density at radius 2 is 2.21 bits per heavy atom. The highest BCUT2D eigenvalue weighted by atomic mass is 16.2.